The minimum atomic E-state index is -1.06. The second-order valence-corrected chi connectivity index (χ2v) is 5.21. The first-order chi connectivity index (χ1) is 7.44. The summed E-state index contributed by atoms with van der Waals surface area (Å²) in [6.45, 7) is 4.43. The van der Waals surface area contributed by atoms with Crippen molar-refractivity contribution in [3.05, 3.63) is 33.8 Å². The van der Waals surface area contributed by atoms with Gasteiger partial charge in [0.15, 0.2) is 0 Å². The molecule has 4 heteroatoms. The predicted octanol–water partition coefficient (Wildman–Crippen LogP) is 1.59. The van der Waals surface area contributed by atoms with Crippen LogP contribution in [0.25, 0.3) is 0 Å². The van der Waals surface area contributed by atoms with E-state index in [1.54, 1.807) is 6.92 Å². The maximum absolute atomic E-state index is 9.59. The van der Waals surface area contributed by atoms with E-state index < -0.39 is 5.60 Å². The Bertz CT molecular complexity index is 353. The first-order valence-corrected chi connectivity index (χ1v) is 6.03. The fraction of sp³-hybridized carbons (Fsp3) is 0.500. The van der Waals surface area contributed by atoms with Crippen LogP contribution in [0.1, 0.15) is 18.1 Å². The Kier molecular flexibility index (Phi) is 4.92. The van der Waals surface area contributed by atoms with Crippen LogP contribution in [0.5, 0.6) is 0 Å². The van der Waals surface area contributed by atoms with E-state index in [1.165, 1.54) is 5.56 Å². The molecule has 0 spiro atoms. The van der Waals surface area contributed by atoms with Crippen molar-refractivity contribution < 1.29 is 10.2 Å². The van der Waals surface area contributed by atoms with Gasteiger partial charge < -0.3 is 15.5 Å². The molecule has 0 amide bonds. The molecular weight excluding hydrogens is 270 g/mol. The Morgan fingerprint density at radius 3 is 2.69 bits per heavy atom. The summed E-state index contributed by atoms with van der Waals surface area (Å²) >= 11 is 3.49. The molecule has 0 aliphatic carbocycles. The van der Waals surface area contributed by atoms with Gasteiger partial charge in [-0.1, -0.05) is 28.1 Å². The Morgan fingerprint density at radius 1 is 1.44 bits per heavy atom. The zero-order chi connectivity index (χ0) is 12.2. The van der Waals surface area contributed by atoms with Crippen LogP contribution >= 0.6 is 15.9 Å². The first kappa shape index (κ1) is 13.6. The van der Waals surface area contributed by atoms with Crippen LogP contribution in [0.2, 0.25) is 0 Å². The minimum Gasteiger partial charge on any atom is -0.393 e. The number of hydrogen-bond donors (Lipinski definition) is 3. The monoisotopic (exact) mass is 287 g/mol. The largest absolute Gasteiger partial charge is 0.393 e. The quantitative estimate of drug-likeness (QED) is 0.771. The minimum absolute atomic E-state index is 0.241. The number of hydrogen-bond acceptors (Lipinski definition) is 3. The Morgan fingerprint density at radius 2 is 2.12 bits per heavy atom. The summed E-state index contributed by atoms with van der Waals surface area (Å²) in [7, 11) is 0. The van der Waals surface area contributed by atoms with Gasteiger partial charge in [-0.3, -0.25) is 0 Å². The lowest BCUT2D eigenvalue weighted by Crippen LogP contribution is -2.40. The SMILES string of the molecule is Cc1ccc(CNCC(C)(O)CO)c(Br)c1. The molecule has 0 aromatic heterocycles. The van der Waals surface area contributed by atoms with Gasteiger partial charge in [-0.25, -0.2) is 0 Å². The summed E-state index contributed by atoms with van der Waals surface area (Å²) < 4.78 is 1.06. The molecule has 1 aromatic carbocycles. The van der Waals surface area contributed by atoms with E-state index >= 15 is 0 Å². The lowest BCUT2D eigenvalue weighted by atomic mass is 10.1. The summed E-state index contributed by atoms with van der Waals surface area (Å²) in [5, 5.41) is 21.6. The van der Waals surface area contributed by atoms with Gasteiger partial charge >= 0.3 is 0 Å². The molecule has 0 fully saturated rings. The number of aliphatic hydroxyl groups excluding tert-OH is 1. The fourth-order valence-corrected chi connectivity index (χ4v) is 1.95. The van der Waals surface area contributed by atoms with Gasteiger partial charge in [0.2, 0.25) is 0 Å². The lowest BCUT2D eigenvalue weighted by Gasteiger charge is -2.20. The van der Waals surface area contributed by atoms with E-state index in [-0.39, 0.29) is 6.61 Å². The van der Waals surface area contributed by atoms with Crippen LogP contribution in [0, 0.1) is 6.92 Å². The van der Waals surface area contributed by atoms with Crippen LogP contribution in [0.4, 0.5) is 0 Å². The van der Waals surface area contributed by atoms with E-state index in [0.29, 0.717) is 13.1 Å². The zero-order valence-electron chi connectivity index (χ0n) is 9.63. The molecule has 0 radical (unpaired) electrons. The lowest BCUT2D eigenvalue weighted by molar-refractivity contribution is 0.00253. The first-order valence-electron chi connectivity index (χ1n) is 5.23. The molecular formula is C12H18BrNO2. The van der Waals surface area contributed by atoms with Crippen LogP contribution in [0.15, 0.2) is 22.7 Å². The number of benzene rings is 1. The number of aryl methyl sites for hydroxylation is 1. The van der Waals surface area contributed by atoms with Gasteiger partial charge in [0.05, 0.1) is 12.2 Å². The Labute approximate surface area is 105 Å². The number of halogens is 1. The highest BCUT2D eigenvalue weighted by atomic mass is 79.9. The summed E-state index contributed by atoms with van der Waals surface area (Å²) in [5.74, 6) is 0. The van der Waals surface area contributed by atoms with Crippen LogP contribution < -0.4 is 5.32 Å². The second-order valence-electron chi connectivity index (χ2n) is 4.35. The average Bonchev–Trinajstić information content (AvgIpc) is 2.21. The van der Waals surface area contributed by atoms with E-state index in [2.05, 4.69) is 27.3 Å². The highest BCUT2D eigenvalue weighted by Gasteiger charge is 2.17. The van der Waals surface area contributed by atoms with Crippen molar-refractivity contribution in [1.29, 1.82) is 0 Å². The molecule has 1 aromatic rings. The second kappa shape index (κ2) is 5.77. The van der Waals surface area contributed by atoms with Crippen molar-refractivity contribution >= 4 is 15.9 Å². The van der Waals surface area contributed by atoms with Crippen molar-refractivity contribution in [2.45, 2.75) is 26.0 Å². The van der Waals surface area contributed by atoms with E-state index in [4.69, 9.17) is 5.11 Å². The Hall–Kier alpha value is -0.420. The van der Waals surface area contributed by atoms with Gasteiger partial charge in [-0.2, -0.15) is 0 Å². The van der Waals surface area contributed by atoms with Crippen molar-refractivity contribution in [2.75, 3.05) is 13.2 Å². The normalized spacial score (nSPS) is 14.8. The van der Waals surface area contributed by atoms with Crippen LogP contribution in [0.3, 0.4) is 0 Å². The predicted molar refractivity (Wildman–Crippen MR) is 68.3 cm³/mol. The third kappa shape index (κ3) is 4.22. The number of rotatable bonds is 5. The molecule has 0 aliphatic heterocycles. The molecule has 0 heterocycles. The summed E-state index contributed by atoms with van der Waals surface area (Å²) in [4.78, 5) is 0. The Balaban J connectivity index is 2.49. The fourth-order valence-electron chi connectivity index (χ4n) is 1.32. The van der Waals surface area contributed by atoms with E-state index in [1.807, 2.05) is 19.1 Å². The highest BCUT2D eigenvalue weighted by Crippen LogP contribution is 2.18. The maximum Gasteiger partial charge on any atom is 0.0972 e. The maximum atomic E-state index is 9.59. The standard InChI is InChI=1S/C12H18BrNO2/c1-9-3-4-10(11(13)5-9)6-14-7-12(2,16)8-15/h3-5,14-16H,6-8H2,1-2H3. The zero-order valence-corrected chi connectivity index (χ0v) is 11.2. The van der Waals surface area contributed by atoms with Gasteiger partial charge in [0.25, 0.3) is 0 Å². The molecule has 3 nitrogen and oxygen atoms in total. The van der Waals surface area contributed by atoms with Crippen molar-refractivity contribution in [2.24, 2.45) is 0 Å². The number of nitrogens with one attached hydrogen (secondary N) is 1. The van der Waals surface area contributed by atoms with Gasteiger partial charge in [-0.15, -0.1) is 0 Å². The smallest absolute Gasteiger partial charge is 0.0972 e. The van der Waals surface area contributed by atoms with Crippen LogP contribution in [-0.4, -0.2) is 29.0 Å². The summed E-state index contributed by atoms with van der Waals surface area (Å²) in [6, 6.07) is 6.15. The molecule has 0 bridgehead atoms. The molecule has 0 saturated carbocycles. The van der Waals surface area contributed by atoms with Gasteiger partial charge in [0, 0.05) is 17.6 Å². The number of aliphatic hydroxyl groups is 2. The summed E-state index contributed by atoms with van der Waals surface area (Å²) in [6.07, 6.45) is 0. The molecule has 3 N–H and O–H groups in total. The highest BCUT2D eigenvalue weighted by molar-refractivity contribution is 9.10. The van der Waals surface area contributed by atoms with Crippen LogP contribution in [-0.2, 0) is 6.54 Å². The van der Waals surface area contributed by atoms with E-state index in [0.717, 1.165) is 10.0 Å². The van der Waals surface area contributed by atoms with Crippen molar-refractivity contribution in [3.63, 3.8) is 0 Å². The van der Waals surface area contributed by atoms with E-state index in [9.17, 15) is 5.11 Å². The topological polar surface area (TPSA) is 52.5 Å². The molecule has 1 atom stereocenters. The molecule has 1 rings (SSSR count). The molecule has 0 saturated heterocycles. The molecule has 1 unspecified atom stereocenters. The van der Waals surface area contributed by atoms with Crippen molar-refractivity contribution in [1.82, 2.24) is 5.32 Å². The molecule has 0 aliphatic rings. The molecule has 90 valence electrons. The van der Waals surface area contributed by atoms with Gasteiger partial charge in [0.1, 0.15) is 0 Å². The third-order valence-corrected chi connectivity index (χ3v) is 3.11. The molecule has 16 heavy (non-hydrogen) atoms. The van der Waals surface area contributed by atoms with Gasteiger partial charge in [-0.05, 0) is 31.0 Å². The third-order valence-electron chi connectivity index (χ3n) is 2.37. The van der Waals surface area contributed by atoms with Crippen molar-refractivity contribution in [3.8, 4) is 0 Å². The summed E-state index contributed by atoms with van der Waals surface area (Å²) in [5.41, 5.74) is 1.29. The average molecular weight is 288 g/mol.